The average Bonchev–Trinajstić information content (AvgIpc) is 3.13. The second kappa shape index (κ2) is 5.51. The lowest BCUT2D eigenvalue weighted by molar-refractivity contribution is 0.559. The minimum absolute atomic E-state index is 0.0387. The first-order chi connectivity index (χ1) is 12.2. The molecule has 2 aromatic carbocycles. The second-order valence-corrected chi connectivity index (χ2v) is 9.28. The van der Waals surface area contributed by atoms with E-state index in [-0.39, 0.29) is 10.8 Å². The quantitative estimate of drug-likeness (QED) is 0.484. The summed E-state index contributed by atoms with van der Waals surface area (Å²) >= 11 is 0. The minimum atomic E-state index is 0.0387. The maximum absolute atomic E-state index is 5.02. The molecule has 0 saturated carbocycles. The molecule has 0 atom stereocenters. The van der Waals surface area contributed by atoms with Crippen LogP contribution in [0.5, 0.6) is 0 Å². The predicted octanol–water partition coefficient (Wildman–Crippen LogP) is 6.44. The number of hydrogen-bond donors (Lipinski definition) is 0. The number of hydrogen-bond acceptors (Lipinski definition) is 0. The Kier molecular flexibility index (Phi) is 3.59. The highest BCUT2D eigenvalue weighted by molar-refractivity contribution is 5.93. The fourth-order valence-corrected chi connectivity index (χ4v) is 3.81. The first-order valence-electron chi connectivity index (χ1n) is 9.34. The van der Waals surface area contributed by atoms with Crippen molar-refractivity contribution in [3.63, 3.8) is 0 Å². The standard InChI is InChI=1S/C24H27N2/c1-23(2,3)18-11-9-12-19-17(18)15-22(25-19)26-20-13-8-7-10-16(20)14-21(26)24(4,5)6/h7-15H,1-6H3. The molecule has 0 fully saturated rings. The molecule has 2 heteroatoms. The van der Waals surface area contributed by atoms with Gasteiger partial charge in [-0.1, -0.05) is 71.9 Å². The molecule has 0 bridgehead atoms. The SMILES string of the molecule is CC(C)(C)c1cccc2c1C=C(n1c(C(C)(C)C)cc3ccccc31)[N]2. The molecule has 2 heterocycles. The van der Waals surface area contributed by atoms with Gasteiger partial charge in [0.1, 0.15) is 5.82 Å². The fourth-order valence-electron chi connectivity index (χ4n) is 3.81. The maximum atomic E-state index is 5.02. The van der Waals surface area contributed by atoms with E-state index in [0.717, 1.165) is 11.5 Å². The van der Waals surface area contributed by atoms with Gasteiger partial charge in [0, 0.05) is 22.1 Å². The predicted molar refractivity (Wildman–Crippen MR) is 112 cm³/mol. The fraction of sp³-hybridized carbons (Fsp3) is 0.333. The van der Waals surface area contributed by atoms with Crippen LogP contribution in [0, 0.1) is 0 Å². The van der Waals surface area contributed by atoms with Crippen molar-refractivity contribution in [3.8, 4) is 0 Å². The zero-order chi connectivity index (χ0) is 18.7. The summed E-state index contributed by atoms with van der Waals surface area (Å²) < 4.78 is 2.34. The molecule has 0 N–H and O–H groups in total. The molecule has 0 saturated heterocycles. The van der Waals surface area contributed by atoms with Crippen molar-refractivity contribution in [1.82, 2.24) is 9.88 Å². The van der Waals surface area contributed by atoms with E-state index in [1.54, 1.807) is 0 Å². The Balaban J connectivity index is 1.95. The van der Waals surface area contributed by atoms with Crippen LogP contribution in [0.15, 0.2) is 48.5 Å². The van der Waals surface area contributed by atoms with Gasteiger partial charge in [0.05, 0.1) is 11.2 Å². The van der Waals surface area contributed by atoms with Crippen molar-refractivity contribution >= 4 is 28.5 Å². The molecule has 1 aromatic heterocycles. The molecule has 3 aromatic rings. The van der Waals surface area contributed by atoms with E-state index in [4.69, 9.17) is 5.32 Å². The van der Waals surface area contributed by atoms with Crippen LogP contribution in [0.2, 0.25) is 0 Å². The van der Waals surface area contributed by atoms with Gasteiger partial charge in [0.2, 0.25) is 0 Å². The van der Waals surface area contributed by atoms with Crippen LogP contribution in [-0.2, 0) is 10.8 Å². The Hall–Kier alpha value is -2.48. The molecule has 4 rings (SSSR count). The van der Waals surface area contributed by atoms with Crippen LogP contribution in [0.25, 0.3) is 22.8 Å². The van der Waals surface area contributed by atoms with Gasteiger partial charge >= 0.3 is 0 Å². The summed E-state index contributed by atoms with van der Waals surface area (Å²) in [6.07, 6.45) is 2.26. The zero-order valence-electron chi connectivity index (χ0n) is 16.6. The second-order valence-electron chi connectivity index (χ2n) is 9.28. The Morgan fingerprint density at radius 3 is 2.23 bits per heavy atom. The molecule has 1 radical (unpaired) electrons. The van der Waals surface area contributed by atoms with Gasteiger partial charge in [-0.3, -0.25) is 4.57 Å². The van der Waals surface area contributed by atoms with Crippen molar-refractivity contribution in [1.29, 1.82) is 0 Å². The van der Waals surface area contributed by atoms with Crippen molar-refractivity contribution in [2.24, 2.45) is 0 Å². The Bertz CT molecular complexity index is 1020. The number of aromatic nitrogens is 1. The lowest BCUT2D eigenvalue weighted by Gasteiger charge is -2.22. The van der Waals surface area contributed by atoms with Crippen LogP contribution in [0.4, 0.5) is 5.69 Å². The molecule has 1 aliphatic rings. The number of para-hydroxylation sites is 1. The zero-order valence-corrected chi connectivity index (χ0v) is 16.6. The summed E-state index contributed by atoms with van der Waals surface area (Å²) in [6, 6.07) is 17.4. The average molecular weight is 343 g/mol. The third kappa shape index (κ3) is 2.65. The molecular weight excluding hydrogens is 316 g/mol. The topological polar surface area (TPSA) is 19.0 Å². The van der Waals surface area contributed by atoms with Crippen molar-refractivity contribution < 1.29 is 0 Å². The van der Waals surface area contributed by atoms with Crippen molar-refractivity contribution in [3.05, 3.63) is 65.4 Å². The van der Waals surface area contributed by atoms with E-state index in [9.17, 15) is 0 Å². The van der Waals surface area contributed by atoms with Crippen molar-refractivity contribution in [2.75, 3.05) is 0 Å². The molecule has 0 amide bonds. The largest absolute Gasteiger partial charge is 0.298 e. The lowest BCUT2D eigenvalue weighted by atomic mass is 9.83. The highest BCUT2D eigenvalue weighted by Gasteiger charge is 2.28. The van der Waals surface area contributed by atoms with Gasteiger partial charge in [-0.25, -0.2) is 5.32 Å². The lowest BCUT2D eigenvalue weighted by Crippen LogP contribution is -2.18. The Morgan fingerprint density at radius 1 is 0.808 bits per heavy atom. The highest BCUT2D eigenvalue weighted by Crippen LogP contribution is 2.40. The third-order valence-electron chi connectivity index (χ3n) is 5.11. The molecule has 0 unspecified atom stereocenters. The van der Waals surface area contributed by atoms with Crippen molar-refractivity contribution in [2.45, 2.75) is 52.4 Å². The van der Waals surface area contributed by atoms with Crippen LogP contribution in [-0.4, -0.2) is 4.57 Å². The number of rotatable bonds is 1. The first-order valence-corrected chi connectivity index (χ1v) is 9.34. The third-order valence-corrected chi connectivity index (χ3v) is 5.11. The molecule has 0 spiro atoms. The number of benzene rings is 2. The maximum Gasteiger partial charge on any atom is 0.138 e. The van der Waals surface area contributed by atoms with E-state index < -0.39 is 0 Å². The summed E-state index contributed by atoms with van der Waals surface area (Å²) in [6.45, 7) is 13.6. The van der Waals surface area contributed by atoms with Gasteiger partial charge < -0.3 is 0 Å². The summed E-state index contributed by atoms with van der Waals surface area (Å²) in [5, 5.41) is 6.28. The summed E-state index contributed by atoms with van der Waals surface area (Å²) in [5.41, 5.74) is 6.33. The van der Waals surface area contributed by atoms with E-state index in [1.807, 2.05) is 0 Å². The summed E-state index contributed by atoms with van der Waals surface area (Å²) in [7, 11) is 0. The van der Waals surface area contributed by atoms with E-state index in [2.05, 4.69) is 101 Å². The van der Waals surface area contributed by atoms with Crippen LogP contribution >= 0.6 is 0 Å². The molecule has 1 aliphatic heterocycles. The normalized spacial score (nSPS) is 14.3. The minimum Gasteiger partial charge on any atom is -0.298 e. The molecule has 0 aliphatic carbocycles. The van der Waals surface area contributed by atoms with E-state index in [1.165, 1.54) is 27.7 Å². The smallest absolute Gasteiger partial charge is 0.138 e. The summed E-state index contributed by atoms with van der Waals surface area (Å²) in [4.78, 5) is 0. The molecule has 133 valence electrons. The van der Waals surface area contributed by atoms with Gasteiger partial charge in [-0.05, 0) is 35.3 Å². The monoisotopic (exact) mass is 343 g/mol. The van der Waals surface area contributed by atoms with Gasteiger partial charge in [0.25, 0.3) is 0 Å². The van der Waals surface area contributed by atoms with Gasteiger partial charge in [-0.15, -0.1) is 0 Å². The number of nitrogens with zero attached hydrogens (tertiary/aromatic N) is 2. The van der Waals surface area contributed by atoms with E-state index in [0.29, 0.717) is 0 Å². The Labute approximate surface area is 156 Å². The van der Waals surface area contributed by atoms with Crippen LogP contribution in [0.3, 0.4) is 0 Å². The van der Waals surface area contributed by atoms with Gasteiger partial charge in [0.15, 0.2) is 0 Å². The summed E-state index contributed by atoms with van der Waals surface area (Å²) in [5.74, 6) is 1.02. The highest BCUT2D eigenvalue weighted by atomic mass is 15.2. The van der Waals surface area contributed by atoms with Crippen LogP contribution in [0.1, 0.15) is 58.4 Å². The first kappa shape index (κ1) is 17.0. The molecule has 2 nitrogen and oxygen atoms in total. The molecular formula is C24H27N2. The number of fused-ring (bicyclic) bond motifs is 2. The van der Waals surface area contributed by atoms with Crippen LogP contribution < -0.4 is 5.32 Å². The van der Waals surface area contributed by atoms with Gasteiger partial charge in [-0.2, -0.15) is 0 Å². The molecule has 26 heavy (non-hydrogen) atoms. The van der Waals surface area contributed by atoms with E-state index >= 15 is 0 Å². The Morgan fingerprint density at radius 2 is 1.54 bits per heavy atom.